The molecule has 1 aromatic rings. The molecule has 0 amide bonds. The summed E-state index contributed by atoms with van der Waals surface area (Å²) < 4.78 is 0. The van der Waals surface area contributed by atoms with E-state index in [2.05, 4.69) is 0 Å². The molecular weight excluding hydrogens is 244 g/mol. The molecule has 0 spiro atoms. The van der Waals surface area contributed by atoms with Gasteiger partial charge in [0.1, 0.15) is 0 Å². The van der Waals surface area contributed by atoms with Gasteiger partial charge in [0.2, 0.25) is 0 Å². The van der Waals surface area contributed by atoms with Gasteiger partial charge in [0.15, 0.2) is 11.6 Å². The van der Waals surface area contributed by atoms with Gasteiger partial charge in [-0.2, -0.15) is 0 Å². The second-order valence-corrected chi connectivity index (χ2v) is 5.73. The van der Waals surface area contributed by atoms with E-state index in [0.29, 0.717) is 5.57 Å². The first-order valence-corrected chi connectivity index (χ1v) is 6.75. The molecular formula is C15H12O2S. The normalized spacial score (nSPS) is 25.2. The molecule has 0 aromatic heterocycles. The Labute approximate surface area is 110 Å². The van der Waals surface area contributed by atoms with Crippen molar-refractivity contribution < 1.29 is 9.59 Å². The van der Waals surface area contributed by atoms with Crippen molar-refractivity contribution in [3.8, 4) is 0 Å². The van der Waals surface area contributed by atoms with Crippen LogP contribution in [0.5, 0.6) is 0 Å². The number of carbonyl (C=O) groups excluding carboxylic acids is 2. The standard InChI is InChI=1S/C15H12O2S/c1-9(16)10-6-7-14-12(8-10)15(17)11-4-2-3-5-13(11)18-14/h2-8,12,14H,1H3. The smallest absolute Gasteiger partial charge is 0.172 e. The first kappa shape index (κ1) is 11.5. The van der Waals surface area contributed by atoms with Gasteiger partial charge in [-0.1, -0.05) is 36.4 Å². The monoisotopic (exact) mass is 256 g/mol. The van der Waals surface area contributed by atoms with Gasteiger partial charge >= 0.3 is 0 Å². The highest BCUT2D eigenvalue weighted by molar-refractivity contribution is 8.00. The zero-order chi connectivity index (χ0) is 12.7. The maximum absolute atomic E-state index is 12.4. The van der Waals surface area contributed by atoms with E-state index in [1.165, 1.54) is 6.92 Å². The van der Waals surface area contributed by atoms with Crippen molar-refractivity contribution in [2.24, 2.45) is 5.92 Å². The molecule has 0 radical (unpaired) electrons. The summed E-state index contributed by atoms with van der Waals surface area (Å²) in [6.45, 7) is 1.53. The van der Waals surface area contributed by atoms with Crippen LogP contribution in [0.2, 0.25) is 0 Å². The topological polar surface area (TPSA) is 34.1 Å². The van der Waals surface area contributed by atoms with E-state index in [0.717, 1.165) is 10.5 Å². The molecule has 90 valence electrons. The molecule has 2 unspecified atom stereocenters. The summed E-state index contributed by atoms with van der Waals surface area (Å²) >= 11 is 1.69. The molecule has 3 heteroatoms. The summed E-state index contributed by atoms with van der Waals surface area (Å²) in [5, 5.41) is 0.121. The number of allylic oxidation sites excluding steroid dienone is 3. The van der Waals surface area contributed by atoms with Crippen LogP contribution in [0.25, 0.3) is 0 Å². The Hall–Kier alpha value is -1.61. The number of hydrogen-bond donors (Lipinski definition) is 0. The van der Waals surface area contributed by atoms with Crippen LogP contribution in [0, 0.1) is 5.92 Å². The Bertz CT molecular complexity index is 598. The van der Waals surface area contributed by atoms with Crippen LogP contribution in [0.1, 0.15) is 17.3 Å². The summed E-state index contributed by atoms with van der Waals surface area (Å²) in [6, 6.07) is 7.67. The molecule has 0 saturated heterocycles. The van der Waals surface area contributed by atoms with E-state index in [1.807, 2.05) is 42.5 Å². The molecule has 1 aromatic carbocycles. The SMILES string of the molecule is CC(=O)C1=CC2C(=O)c3ccccc3SC2C=C1. The quantitative estimate of drug-likeness (QED) is 0.774. The third kappa shape index (κ3) is 1.75. The fourth-order valence-corrected chi connectivity index (χ4v) is 3.59. The number of ketones is 2. The fraction of sp³-hybridized carbons (Fsp3) is 0.200. The van der Waals surface area contributed by atoms with E-state index >= 15 is 0 Å². The van der Waals surface area contributed by atoms with Crippen LogP contribution in [0.4, 0.5) is 0 Å². The molecule has 1 aliphatic heterocycles. The Balaban J connectivity index is 2.04. The molecule has 1 heterocycles. The fourth-order valence-electron chi connectivity index (χ4n) is 2.33. The maximum atomic E-state index is 12.4. The minimum Gasteiger partial charge on any atom is -0.295 e. The van der Waals surface area contributed by atoms with E-state index in [1.54, 1.807) is 11.8 Å². The highest BCUT2D eigenvalue weighted by atomic mass is 32.2. The van der Waals surface area contributed by atoms with Crippen LogP contribution >= 0.6 is 11.8 Å². The summed E-state index contributed by atoms with van der Waals surface area (Å²) in [4.78, 5) is 24.8. The second kappa shape index (κ2) is 4.25. The first-order chi connectivity index (χ1) is 8.66. The average Bonchev–Trinajstić information content (AvgIpc) is 2.38. The van der Waals surface area contributed by atoms with Gasteiger partial charge in [-0.15, -0.1) is 11.8 Å². The van der Waals surface area contributed by atoms with E-state index < -0.39 is 0 Å². The van der Waals surface area contributed by atoms with Crippen molar-refractivity contribution in [3.63, 3.8) is 0 Å². The average molecular weight is 256 g/mol. The molecule has 0 fully saturated rings. The number of carbonyl (C=O) groups is 2. The minimum atomic E-state index is -0.200. The Kier molecular flexibility index (Phi) is 2.71. The van der Waals surface area contributed by atoms with Crippen LogP contribution in [0.3, 0.4) is 0 Å². The predicted octanol–water partition coefficient (Wildman–Crippen LogP) is 3.05. The van der Waals surface area contributed by atoms with Gasteiger partial charge in [-0.3, -0.25) is 9.59 Å². The molecule has 2 nitrogen and oxygen atoms in total. The highest BCUT2D eigenvalue weighted by Gasteiger charge is 2.35. The number of rotatable bonds is 1. The second-order valence-electron chi connectivity index (χ2n) is 4.51. The predicted molar refractivity (Wildman–Crippen MR) is 71.8 cm³/mol. The van der Waals surface area contributed by atoms with Crippen LogP contribution in [-0.4, -0.2) is 16.8 Å². The molecule has 0 N–H and O–H groups in total. The van der Waals surface area contributed by atoms with Crippen molar-refractivity contribution in [1.29, 1.82) is 0 Å². The molecule has 0 saturated carbocycles. The van der Waals surface area contributed by atoms with Gasteiger partial charge in [0, 0.05) is 21.3 Å². The molecule has 3 rings (SSSR count). The van der Waals surface area contributed by atoms with Crippen molar-refractivity contribution in [3.05, 3.63) is 53.6 Å². The molecule has 2 aliphatic rings. The lowest BCUT2D eigenvalue weighted by Gasteiger charge is -2.29. The van der Waals surface area contributed by atoms with Crippen LogP contribution in [-0.2, 0) is 4.79 Å². The van der Waals surface area contributed by atoms with E-state index in [9.17, 15) is 9.59 Å². The summed E-state index contributed by atoms with van der Waals surface area (Å²) in [5.41, 5.74) is 1.42. The molecule has 1 aliphatic carbocycles. The van der Waals surface area contributed by atoms with E-state index in [-0.39, 0.29) is 22.7 Å². The van der Waals surface area contributed by atoms with Crippen LogP contribution < -0.4 is 0 Å². The number of hydrogen-bond acceptors (Lipinski definition) is 3. The highest BCUT2D eigenvalue weighted by Crippen LogP contribution is 2.41. The Morgan fingerprint density at radius 1 is 1.28 bits per heavy atom. The van der Waals surface area contributed by atoms with Gasteiger partial charge in [0.25, 0.3) is 0 Å². The molecule has 18 heavy (non-hydrogen) atoms. The lowest BCUT2D eigenvalue weighted by atomic mass is 9.87. The van der Waals surface area contributed by atoms with E-state index in [4.69, 9.17) is 0 Å². The third-order valence-corrected chi connectivity index (χ3v) is 4.64. The Morgan fingerprint density at radius 3 is 2.83 bits per heavy atom. The van der Waals surface area contributed by atoms with Gasteiger partial charge in [0.05, 0.1) is 5.92 Å². The number of fused-ring (bicyclic) bond motifs is 2. The number of benzene rings is 1. The number of thioether (sulfide) groups is 1. The first-order valence-electron chi connectivity index (χ1n) is 5.87. The summed E-state index contributed by atoms with van der Waals surface area (Å²) in [7, 11) is 0. The lowest BCUT2D eigenvalue weighted by molar-refractivity contribution is -0.113. The zero-order valence-electron chi connectivity index (χ0n) is 9.92. The van der Waals surface area contributed by atoms with Crippen LogP contribution in [0.15, 0.2) is 53.0 Å². The van der Waals surface area contributed by atoms with Gasteiger partial charge in [-0.05, 0) is 13.0 Å². The van der Waals surface area contributed by atoms with Crippen molar-refractivity contribution in [2.45, 2.75) is 17.1 Å². The van der Waals surface area contributed by atoms with Crippen molar-refractivity contribution in [2.75, 3.05) is 0 Å². The van der Waals surface area contributed by atoms with Crippen molar-refractivity contribution in [1.82, 2.24) is 0 Å². The van der Waals surface area contributed by atoms with Gasteiger partial charge < -0.3 is 0 Å². The molecule has 2 atom stereocenters. The Morgan fingerprint density at radius 2 is 2.06 bits per heavy atom. The van der Waals surface area contributed by atoms with Gasteiger partial charge in [-0.25, -0.2) is 0 Å². The minimum absolute atomic E-state index is 0.0151. The maximum Gasteiger partial charge on any atom is 0.172 e. The summed E-state index contributed by atoms with van der Waals surface area (Å²) in [5.74, 6) is -0.0624. The molecule has 0 bridgehead atoms. The zero-order valence-corrected chi connectivity index (χ0v) is 10.7. The lowest BCUT2D eigenvalue weighted by Crippen LogP contribution is -2.30. The third-order valence-electron chi connectivity index (χ3n) is 3.30. The largest absolute Gasteiger partial charge is 0.295 e. The summed E-state index contributed by atoms with van der Waals surface area (Å²) in [6.07, 6.45) is 5.62. The van der Waals surface area contributed by atoms with Crippen molar-refractivity contribution >= 4 is 23.3 Å². The number of Topliss-reactive ketones (excluding diaryl/α,β-unsaturated/α-hetero) is 2.